The standard InChI is InChI=1S/C15H18N2O2/c1-11(2)15(14(18)19)7-8-17(10-15)13-5-3-12(9-16)4-6-13/h3-6,11H,7-8,10H2,1-2H3,(H,18,19). The Bertz CT molecular complexity index is 516. The molecule has 0 bridgehead atoms. The second-order valence-corrected chi connectivity index (χ2v) is 5.45. The summed E-state index contributed by atoms with van der Waals surface area (Å²) in [5, 5.41) is 18.3. The van der Waals surface area contributed by atoms with Crippen molar-refractivity contribution in [1.82, 2.24) is 0 Å². The van der Waals surface area contributed by atoms with Crippen LogP contribution >= 0.6 is 0 Å². The fourth-order valence-corrected chi connectivity index (χ4v) is 2.69. The lowest BCUT2D eigenvalue weighted by Crippen LogP contribution is -2.39. The lowest BCUT2D eigenvalue weighted by atomic mass is 9.76. The van der Waals surface area contributed by atoms with Gasteiger partial charge in [0, 0.05) is 18.8 Å². The maximum Gasteiger partial charge on any atom is 0.311 e. The van der Waals surface area contributed by atoms with E-state index in [0.717, 1.165) is 12.2 Å². The monoisotopic (exact) mass is 258 g/mol. The fraction of sp³-hybridized carbons (Fsp3) is 0.467. The minimum absolute atomic E-state index is 0.105. The minimum atomic E-state index is -0.710. The van der Waals surface area contributed by atoms with Crippen LogP contribution in [0.3, 0.4) is 0 Å². The molecule has 19 heavy (non-hydrogen) atoms. The van der Waals surface area contributed by atoms with Crippen LogP contribution in [0.1, 0.15) is 25.8 Å². The van der Waals surface area contributed by atoms with Crippen molar-refractivity contribution >= 4 is 11.7 Å². The largest absolute Gasteiger partial charge is 0.481 e. The van der Waals surface area contributed by atoms with Crippen LogP contribution in [0, 0.1) is 22.7 Å². The maximum atomic E-state index is 11.6. The van der Waals surface area contributed by atoms with E-state index in [1.165, 1.54) is 0 Å². The van der Waals surface area contributed by atoms with Gasteiger partial charge in [-0.05, 0) is 36.6 Å². The van der Waals surface area contributed by atoms with Crippen molar-refractivity contribution < 1.29 is 9.90 Å². The average Bonchev–Trinajstić information content (AvgIpc) is 2.85. The van der Waals surface area contributed by atoms with Gasteiger partial charge in [0.25, 0.3) is 0 Å². The van der Waals surface area contributed by atoms with Gasteiger partial charge in [-0.3, -0.25) is 4.79 Å². The molecule has 100 valence electrons. The number of carboxylic acid groups (broad SMARTS) is 1. The molecule has 0 aliphatic carbocycles. The van der Waals surface area contributed by atoms with Crippen molar-refractivity contribution in [3.05, 3.63) is 29.8 Å². The van der Waals surface area contributed by atoms with Gasteiger partial charge in [0.2, 0.25) is 0 Å². The molecular weight excluding hydrogens is 240 g/mol. The van der Waals surface area contributed by atoms with Crippen LogP contribution in [0.15, 0.2) is 24.3 Å². The topological polar surface area (TPSA) is 64.3 Å². The van der Waals surface area contributed by atoms with E-state index in [0.29, 0.717) is 18.5 Å². The molecule has 0 spiro atoms. The molecule has 0 radical (unpaired) electrons. The van der Waals surface area contributed by atoms with Gasteiger partial charge in [-0.2, -0.15) is 5.26 Å². The Morgan fingerprint density at radius 1 is 1.42 bits per heavy atom. The van der Waals surface area contributed by atoms with E-state index in [9.17, 15) is 9.90 Å². The molecule has 4 heteroatoms. The summed E-state index contributed by atoms with van der Waals surface area (Å²) in [6.45, 7) is 5.22. The number of nitrogens with zero attached hydrogens (tertiary/aromatic N) is 2. The van der Waals surface area contributed by atoms with Crippen LogP contribution in [0.5, 0.6) is 0 Å². The van der Waals surface area contributed by atoms with Gasteiger partial charge in [-0.1, -0.05) is 13.8 Å². The molecule has 2 rings (SSSR count). The Hall–Kier alpha value is -2.02. The van der Waals surface area contributed by atoms with Crippen molar-refractivity contribution in [3.8, 4) is 6.07 Å². The number of rotatable bonds is 3. The molecule has 1 atom stereocenters. The molecule has 4 nitrogen and oxygen atoms in total. The first-order valence-electron chi connectivity index (χ1n) is 6.48. The summed E-state index contributed by atoms with van der Waals surface area (Å²) in [5.41, 5.74) is 0.951. The Morgan fingerprint density at radius 3 is 2.47 bits per heavy atom. The SMILES string of the molecule is CC(C)C1(C(=O)O)CCN(c2ccc(C#N)cc2)C1. The van der Waals surface area contributed by atoms with Crippen LogP contribution in [0.2, 0.25) is 0 Å². The lowest BCUT2D eigenvalue weighted by molar-refractivity contribution is -0.150. The number of hydrogen-bond acceptors (Lipinski definition) is 3. The lowest BCUT2D eigenvalue weighted by Gasteiger charge is -2.29. The van der Waals surface area contributed by atoms with Crippen molar-refractivity contribution in [2.45, 2.75) is 20.3 Å². The summed E-state index contributed by atoms with van der Waals surface area (Å²) < 4.78 is 0. The Balaban J connectivity index is 2.21. The number of benzene rings is 1. The average molecular weight is 258 g/mol. The molecule has 1 N–H and O–H groups in total. The van der Waals surface area contributed by atoms with E-state index in [1.54, 1.807) is 12.1 Å². The van der Waals surface area contributed by atoms with Crippen molar-refractivity contribution in [3.63, 3.8) is 0 Å². The highest BCUT2D eigenvalue weighted by molar-refractivity contribution is 5.77. The third-order valence-electron chi connectivity index (χ3n) is 4.19. The molecule has 0 aromatic heterocycles. The summed E-state index contributed by atoms with van der Waals surface area (Å²) in [4.78, 5) is 13.7. The highest BCUT2D eigenvalue weighted by Crippen LogP contribution is 2.39. The second kappa shape index (κ2) is 4.93. The van der Waals surface area contributed by atoms with E-state index in [1.807, 2.05) is 26.0 Å². The summed E-state index contributed by atoms with van der Waals surface area (Å²) in [7, 11) is 0. The highest BCUT2D eigenvalue weighted by atomic mass is 16.4. The quantitative estimate of drug-likeness (QED) is 0.904. The van der Waals surface area contributed by atoms with E-state index in [-0.39, 0.29) is 5.92 Å². The van der Waals surface area contributed by atoms with Gasteiger partial charge < -0.3 is 10.0 Å². The zero-order valence-electron chi connectivity index (χ0n) is 11.3. The van der Waals surface area contributed by atoms with Crippen LogP contribution in [-0.4, -0.2) is 24.2 Å². The molecule has 1 saturated heterocycles. The molecule has 1 aromatic carbocycles. The number of hydrogen-bond donors (Lipinski definition) is 1. The summed E-state index contributed by atoms with van der Waals surface area (Å²) in [5.74, 6) is -0.605. The third kappa shape index (κ3) is 2.28. The third-order valence-corrected chi connectivity index (χ3v) is 4.19. The van der Waals surface area contributed by atoms with E-state index in [2.05, 4.69) is 11.0 Å². The molecule has 1 aliphatic rings. The molecule has 0 saturated carbocycles. The summed E-state index contributed by atoms with van der Waals surface area (Å²) in [6.07, 6.45) is 0.667. The molecule has 1 aromatic rings. The summed E-state index contributed by atoms with van der Waals surface area (Å²) >= 11 is 0. The van der Waals surface area contributed by atoms with Crippen molar-refractivity contribution in [2.75, 3.05) is 18.0 Å². The van der Waals surface area contributed by atoms with Gasteiger partial charge >= 0.3 is 5.97 Å². The number of aliphatic carboxylic acids is 1. The Kier molecular flexibility index (Phi) is 3.48. The van der Waals surface area contributed by atoms with Gasteiger partial charge in [-0.15, -0.1) is 0 Å². The van der Waals surface area contributed by atoms with Crippen LogP contribution < -0.4 is 4.90 Å². The molecular formula is C15H18N2O2. The number of carbonyl (C=O) groups is 1. The number of anilines is 1. The van der Waals surface area contributed by atoms with E-state index < -0.39 is 11.4 Å². The first-order chi connectivity index (χ1) is 8.99. The van der Waals surface area contributed by atoms with Crippen LogP contribution in [0.4, 0.5) is 5.69 Å². The van der Waals surface area contributed by atoms with Crippen molar-refractivity contribution in [1.29, 1.82) is 5.26 Å². The second-order valence-electron chi connectivity index (χ2n) is 5.45. The smallest absolute Gasteiger partial charge is 0.311 e. The zero-order chi connectivity index (χ0) is 14.0. The number of carboxylic acids is 1. The predicted molar refractivity (Wildman–Crippen MR) is 72.9 cm³/mol. The van der Waals surface area contributed by atoms with E-state index >= 15 is 0 Å². The Labute approximate surface area is 113 Å². The molecule has 1 aliphatic heterocycles. The van der Waals surface area contributed by atoms with Gasteiger partial charge in [0.15, 0.2) is 0 Å². The first kappa shape index (κ1) is 13.4. The fourth-order valence-electron chi connectivity index (χ4n) is 2.69. The van der Waals surface area contributed by atoms with Gasteiger partial charge in [0.1, 0.15) is 0 Å². The molecule has 1 heterocycles. The van der Waals surface area contributed by atoms with E-state index in [4.69, 9.17) is 5.26 Å². The first-order valence-corrected chi connectivity index (χ1v) is 6.48. The predicted octanol–water partition coefficient (Wildman–Crippen LogP) is 2.50. The normalized spacial score (nSPS) is 22.5. The number of nitriles is 1. The molecule has 1 unspecified atom stereocenters. The van der Waals surface area contributed by atoms with Crippen LogP contribution in [-0.2, 0) is 4.79 Å². The molecule has 0 amide bonds. The maximum absolute atomic E-state index is 11.6. The van der Waals surface area contributed by atoms with Gasteiger partial charge in [-0.25, -0.2) is 0 Å². The minimum Gasteiger partial charge on any atom is -0.481 e. The summed E-state index contributed by atoms with van der Waals surface area (Å²) in [6, 6.07) is 9.39. The van der Waals surface area contributed by atoms with Crippen molar-refractivity contribution in [2.24, 2.45) is 11.3 Å². The zero-order valence-corrected chi connectivity index (χ0v) is 11.3. The van der Waals surface area contributed by atoms with Crippen LogP contribution in [0.25, 0.3) is 0 Å². The highest BCUT2D eigenvalue weighted by Gasteiger charge is 2.47. The Morgan fingerprint density at radius 2 is 2.05 bits per heavy atom. The van der Waals surface area contributed by atoms with Gasteiger partial charge in [0.05, 0.1) is 17.0 Å². The molecule has 1 fully saturated rings.